The molecule has 7 rings (SSSR count). The number of phenols is 4. The molecule has 2 aromatic heterocycles. The molecule has 2 heterocycles. The zero-order chi connectivity index (χ0) is 43.8. The number of aliphatic hydroxyl groups is 1. The molecule has 4 atom stereocenters. The second-order valence-electron chi connectivity index (χ2n) is 17.2. The summed E-state index contributed by atoms with van der Waals surface area (Å²) in [5, 5.41) is 59.6. The highest BCUT2D eigenvalue weighted by atomic mass is 16.5. The maximum absolute atomic E-state index is 15.3. The van der Waals surface area contributed by atoms with Gasteiger partial charge >= 0.3 is 0 Å². The zero-order valence-electron chi connectivity index (χ0n) is 35.8. The first kappa shape index (κ1) is 43.9. The van der Waals surface area contributed by atoms with Gasteiger partial charge in [0.05, 0.1) is 25.7 Å². The fourth-order valence-corrected chi connectivity index (χ4v) is 9.57. The van der Waals surface area contributed by atoms with Gasteiger partial charge in [-0.15, -0.1) is 0 Å². The summed E-state index contributed by atoms with van der Waals surface area (Å²) in [6, 6.07) is 27.5. The Balaban J connectivity index is 1.25. The van der Waals surface area contributed by atoms with E-state index < -0.39 is 17.4 Å². The van der Waals surface area contributed by atoms with E-state index in [1.807, 2.05) is 48.7 Å². The van der Waals surface area contributed by atoms with Crippen LogP contribution in [0.1, 0.15) is 81.2 Å². The van der Waals surface area contributed by atoms with Crippen LogP contribution in [0.5, 0.6) is 34.5 Å². The number of aromatic amines is 1. The Kier molecular flexibility index (Phi) is 13.9. The minimum atomic E-state index is -1.05. The number of ketones is 1. The van der Waals surface area contributed by atoms with Gasteiger partial charge in [0.1, 0.15) is 17.4 Å². The summed E-state index contributed by atoms with van der Waals surface area (Å²) in [4.78, 5) is 23.4. The van der Waals surface area contributed by atoms with Crippen molar-refractivity contribution in [1.82, 2.24) is 9.97 Å². The van der Waals surface area contributed by atoms with Gasteiger partial charge in [-0.1, -0.05) is 38.5 Å². The van der Waals surface area contributed by atoms with E-state index in [0.29, 0.717) is 48.9 Å². The maximum atomic E-state index is 15.3. The van der Waals surface area contributed by atoms with Crippen molar-refractivity contribution in [1.29, 1.82) is 0 Å². The summed E-state index contributed by atoms with van der Waals surface area (Å²) >= 11 is 0. The maximum Gasteiger partial charge on any atom is 0.200 e. The number of aryl methyl sites for hydroxylation is 2. The van der Waals surface area contributed by atoms with E-state index >= 15 is 4.79 Å². The number of rotatable bonds is 20. The van der Waals surface area contributed by atoms with Crippen LogP contribution in [0.4, 0.5) is 11.5 Å². The van der Waals surface area contributed by atoms with Gasteiger partial charge < -0.3 is 45.3 Å². The van der Waals surface area contributed by atoms with E-state index in [0.717, 1.165) is 59.0 Å². The van der Waals surface area contributed by atoms with Gasteiger partial charge in [0.2, 0.25) is 5.75 Å². The smallest absolute Gasteiger partial charge is 0.200 e. The van der Waals surface area contributed by atoms with Crippen LogP contribution in [0.25, 0.3) is 10.8 Å². The van der Waals surface area contributed by atoms with Crippen molar-refractivity contribution in [2.75, 3.05) is 19.0 Å². The fourth-order valence-electron chi connectivity index (χ4n) is 9.57. The van der Waals surface area contributed by atoms with Gasteiger partial charge in [0.25, 0.3) is 0 Å². The summed E-state index contributed by atoms with van der Waals surface area (Å²) in [7, 11) is 1.50. The fraction of sp³-hybridized carbons (Fsp3) is 0.373. The Morgan fingerprint density at radius 3 is 2.48 bits per heavy atom. The molecule has 0 aliphatic heterocycles. The third-order valence-electron chi connectivity index (χ3n) is 12.6. The lowest BCUT2D eigenvalue weighted by Crippen LogP contribution is -2.49. The molecule has 6 aromatic rings. The molecule has 1 aliphatic rings. The van der Waals surface area contributed by atoms with E-state index in [4.69, 9.17) is 14.5 Å². The highest BCUT2D eigenvalue weighted by Gasteiger charge is 2.54. The summed E-state index contributed by atoms with van der Waals surface area (Å²) in [6.45, 7) is 4.66. The minimum absolute atomic E-state index is 0.0225. The quantitative estimate of drug-likeness (QED) is 0.0289. The summed E-state index contributed by atoms with van der Waals surface area (Å²) in [5.41, 5.74) is 3.48. The number of methoxy groups -OCH3 is 1. The van der Waals surface area contributed by atoms with Crippen molar-refractivity contribution in [2.24, 2.45) is 17.8 Å². The van der Waals surface area contributed by atoms with Crippen LogP contribution >= 0.6 is 0 Å². The second kappa shape index (κ2) is 19.7. The van der Waals surface area contributed by atoms with E-state index in [1.54, 1.807) is 42.6 Å². The number of aromatic hydroxyl groups is 4. The molecule has 0 bridgehead atoms. The van der Waals surface area contributed by atoms with Gasteiger partial charge in [0.15, 0.2) is 23.0 Å². The van der Waals surface area contributed by atoms with Crippen molar-refractivity contribution >= 4 is 28.1 Å². The Morgan fingerprint density at radius 1 is 0.887 bits per heavy atom. The van der Waals surface area contributed by atoms with Crippen LogP contribution < -0.4 is 14.8 Å². The number of hydrogen-bond donors (Lipinski definition) is 7. The Hall–Kier alpha value is -6.20. The Labute approximate surface area is 363 Å². The minimum Gasteiger partial charge on any atom is -0.508 e. The molecule has 4 unspecified atom stereocenters. The topological polar surface area (TPSA) is 177 Å². The Morgan fingerprint density at radius 2 is 1.69 bits per heavy atom. The van der Waals surface area contributed by atoms with Crippen molar-refractivity contribution in [3.05, 3.63) is 126 Å². The van der Waals surface area contributed by atoms with Crippen molar-refractivity contribution in [3.63, 3.8) is 0 Å². The number of anilines is 2. The molecule has 1 fully saturated rings. The van der Waals surface area contributed by atoms with Crippen LogP contribution in [0, 0.1) is 17.8 Å². The highest BCUT2D eigenvalue weighted by molar-refractivity contribution is 5.87. The number of H-pyrrole nitrogens is 1. The molecule has 1 aliphatic carbocycles. The number of phenolic OH excluding ortho intramolecular Hbond substituents is 4. The highest BCUT2D eigenvalue weighted by Crippen LogP contribution is 2.54. The van der Waals surface area contributed by atoms with Gasteiger partial charge in [-0.25, -0.2) is 4.98 Å². The van der Waals surface area contributed by atoms with Crippen molar-refractivity contribution in [3.8, 4) is 34.5 Å². The number of benzene rings is 4. The molecule has 62 heavy (non-hydrogen) atoms. The number of ether oxygens (including phenoxy) is 2. The number of aliphatic hydroxyl groups excluding tert-OH is 1. The van der Waals surface area contributed by atoms with Crippen LogP contribution in [0.2, 0.25) is 0 Å². The van der Waals surface area contributed by atoms with E-state index in [2.05, 4.69) is 30.2 Å². The number of fused-ring (bicyclic) bond motifs is 1. The molecule has 4 aromatic carbocycles. The lowest BCUT2D eigenvalue weighted by atomic mass is 9.59. The molecule has 326 valence electrons. The van der Waals surface area contributed by atoms with Crippen molar-refractivity contribution < 1.29 is 39.8 Å². The summed E-state index contributed by atoms with van der Waals surface area (Å²) in [6.07, 6.45) is 8.44. The average Bonchev–Trinajstić information content (AvgIpc) is 3.94. The molecule has 7 N–H and O–H groups in total. The van der Waals surface area contributed by atoms with E-state index in [1.165, 1.54) is 13.2 Å². The Bertz CT molecular complexity index is 2450. The third-order valence-corrected chi connectivity index (χ3v) is 12.6. The van der Waals surface area contributed by atoms with Crippen LogP contribution in [-0.4, -0.2) is 61.1 Å². The number of Topliss-reactive ketones (excluding diaryl/α,β-unsaturated/α-hetero) is 1. The molecule has 1 saturated carbocycles. The largest absolute Gasteiger partial charge is 0.508 e. The number of carbonyl (C=O) groups excluding carboxylic acids is 1. The van der Waals surface area contributed by atoms with Crippen LogP contribution in [0.3, 0.4) is 0 Å². The first-order valence-electron chi connectivity index (χ1n) is 21.8. The number of hydrogen-bond acceptors (Lipinski definition) is 10. The predicted octanol–water partition coefficient (Wildman–Crippen LogP) is 10.0. The number of carbonyl (C=O) groups is 1. The SMILES string of the molecule is COc1cc(CCC(O)C(C(=O)CCc2cc(O)c(O)c(OCCCC(C)C)c2)C2(c3ccnc(Nc4ccc5cc(O)ccc5c4)c3)CCCC2Cc2ccc[nH]2)ccc1O. The molecule has 0 spiro atoms. The van der Waals surface area contributed by atoms with Gasteiger partial charge in [-0.3, -0.25) is 4.79 Å². The lowest BCUT2D eigenvalue weighted by molar-refractivity contribution is -0.131. The zero-order valence-corrected chi connectivity index (χ0v) is 35.8. The lowest BCUT2D eigenvalue weighted by Gasteiger charge is -2.45. The molecule has 0 radical (unpaired) electrons. The number of pyridine rings is 1. The first-order chi connectivity index (χ1) is 29.9. The summed E-state index contributed by atoms with van der Waals surface area (Å²) < 4.78 is 11.3. The molecular weight excluding hydrogens is 783 g/mol. The van der Waals surface area contributed by atoms with Crippen LogP contribution in [0.15, 0.2) is 103 Å². The van der Waals surface area contributed by atoms with E-state index in [-0.39, 0.29) is 59.7 Å². The average molecular weight is 842 g/mol. The van der Waals surface area contributed by atoms with Crippen LogP contribution in [-0.2, 0) is 29.5 Å². The summed E-state index contributed by atoms with van der Waals surface area (Å²) in [5.74, 6) is 0.254. The monoisotopic (exact) mass is 841 g/mol. The molecular formula is C51H59N3O8. The molecule has 0 amide bonds. The van der Waals surface area contributed by atoms with Crippen molar-refractivity contribution in [2.45, 2.75) is 89.6 Å². The molecule has 11 nitrogen and oxygen atoms in total. The number of nitrogens with zero attached hydrogens (tertiary/aromatic N) is 1. The van der Waals surface area contributed by atoms with Gasteiger partial charge in [-0.2, -0.15) is 0 Å². The molecule has 0 saturated heterocycles. The number of nitrogens with one attached hydrogen (secondary N) is 2. The predicted molar refractivity (Wildman–Crippen MR) is 242 cm³/mol. The normalized spacial score (nSPS) is 17.3. The molecule has 11 heteroatoms. The number of aromatic nitrogens is 2. The third kappa shape index (κ3) is 10.1. The van der Waals surface area contributed by atoms with Gasteiger partial charge in [-0.05, 0) is 163 Å². The standard InChI is InChI=1S/C51H59N3O8/c1-32(2)7-6-24-62-47-27-34(25-45(59)50(47)60)12-19-44(58)49(43(57)18-11-33-10-17-42(56)46(26-33)61-3)51(21-4-8-37(51)30-39-9-5-22-52-39)38-20-23-53-48(31-38)54-40-15-13-36-29-41(55)16-14-35(36)28-40/h5,9-10,13-17,20,22-23,25-29,31-32,37,43,49,52,55-57,59-60H,4,6-8,11-12,18-19,21,24,30H2,1-3H3,(H,53,54). The first-order valence-corrected chi connectivity index (χ1v) is 21.8. The van der Waals surface area contributed by atoms with E-state index in [9.17, 15) is 25.5 Å². The second-order valence-corrected chi connectivity index (χ2v) is 17.2. The van der Waals surface area contributed by atoms with Gasteiger partial charge in [0, 0.05) is 35.6 Å².